The van der Waals surface area contributed by atoms with Gasteiger partial charge in [0.25, 0.3) is 0 Å². The van der Waals surface area contributed by atoms with Gasteiger partial charge in [0.2, 0.25) is 0 Å². The van der Waals surface area contributed by atoms with Gasteiger partial charge in [-0.25, -0.2) is 0 Å². The maximum atomic E-state index is 12.4. The van der Waals surface area contributed by atoms with E-state index in [9.17, 15) is 18.0 Å². The van der Waals surface area contributed by atoms with Crippen LogP contribution in [0, 0.1) is 0 Å². The standard InChI is InChI=1S/C26H25F3O4/c1-25(2,3)20-9-6-17(7-10-20)19-5-4-18(8-15-24(30)31)23(16-19)32-21-11-13-22(14-12-21)33-26(27,28)29/h4-7,9-14,16H,8,15H2,1-3H3,(H,30,31). The molecule has 3 aromatic rings. The van der Waals surface area contributed by atoms with Crippen LogP contribution in [-0.4, -0.2) is 17.4 Å². The molecule has 0 aromatic heterocycles. The molecule has 174 valence electrons. The van der Waals surface area contributed by atoms with Crippen molar-refractivity contribution in [2.75, 3.05) is 0 Å². The number of carboxylic acid groups (broad SMARTS) is 1. The van der Waals surface area contributed by atoms with Gasteiger partial charge in [0.15, 0.2) is 0 Å². The van der Waals surface area contributed by atoms with E-state index in [0.717, 1.165) is 23.3 Å². The Bertz CT molecular complexity index is 1100. The Morgan fingerprint density at radius 2 is 1.42 bits per heavy atom. The van der Waals surface area contributed by atoms with Crippen molar-refractivity contribution in [2.45, 2.75) is 45.4 Å². The number of aryl methyl sites for hydroxylation is 1. The van der Waals surface area contributed by atoms with Crippen LogP contribution in [0.5, 0.6) is 17.2 Å². The summed E-state index contributed by atoms with van der Waals surface area (Å²) in [6.45, 7) is 6.41. The number of carboxylic acids is 1. The number of benzene rings is 3. The molecule has 0 radical (unpaired) electrons. The number of aliphatic carboxylic acids is 1. The van der Waals surface area contributed by atoms with Gasteiger partial charge < -0.3 is 14.6 Å². The van der Waals surface area contributed by atoms with Crippen LogP contribution in [0.3, 0.4) is 0 Å². The summed E-state index contributed by atoms with van der Waals surface area (Å²) in [7, 11) is 0. The average molecular weight is 458 g/mol. The van der Waals surface area contributed by atoms with Crippen molar-refractivity contribution in [3.05, 3.63) is 77.9 Å². The van der Waals surface area contributed by atoms with Gasteiger partial charge in [0.05, 0.1) is 0 Å². The second-order valence-corrected chi connectivity index (χ2v) is 8.66. The zero-order chi connectivity index (χ0) is 24.2. The first-order valence-electron chi connectivity index (χ1n) is 10.4. The number of ether oxygens (including phenoxy) is 2. The summed E-state index contributed by atoms with van der Waals surface area (Å²) in [5, 5.41) is 9.06. The van der Waals surface area contributed by atoms with Crippen molar-refractivity contribution >= 4 is 5.97 Å². The molecular formula is C26H25F3O4. The van der Waals surface area contributed by atoms with Crippen molar-refractivity contribution in [3.63, 3.8) is 0 Å². The highest BCUT2D eigenvalue weighted by molar-refractivity contribution is 5.69. The summed E-state index contributed by atoms with van der Waals surface area (Å²) in [5.74, 6) is -0.537. The summed E-state index contributed by atoms with van der Waals surface area (Å²) >= 11 is 0. The smallest absolute Gasteiger partial charge is 0.481 e. The lowest BCUT2D eigenvalue weighted by atomic mass is 9.86. The van der Waals surface area contributed by atoms with Gasteiger partial charge in [-0.2, -0.15) is 0 Å². The first-order valence-corrected chi connectivity index (χ1v) is 10.4. The van der Waals surface area contributed by atoms with E-state index in [1.807, 2.05) is 30.3 Å². The largest absolute Gasteiger partial charge is 0.573 e. The lowest BCUT2D eigenvalue weighted by Crippen LogP contribution is -2.16. The van der Waals surface area contributed by atoms with Crippen molar-refractivity contribution < 1.29 is 32.5 Å². The number of hydrogen-bond acceptors (Lipinski definition) is 3. The van der Waals surface area contributed by atoms with Crippen molar-refractivity contribution in [1.29, 1.82) is 0 Å². The van der Waals surface area contributed by atoms with Gasteiger partial charge in [0, 0.05) is 6.42 Å². The lowest BCUT2D eigenvalue weighted by Gasteiger charge is -2.19. The van der Waals surface area contributed by atoms with Crippen LogP contribution in [0.25, 0.3) is 11.1 Å². The molecule has 0 bridgehead atoms. The van der Waals surface area contributed by atoms with E-state index >= 15 is 0 Å². The maximum absolute atomic E-state index is 12.4. The number of alkyl halides is 3. The Balaban J connectivity index is 1.89. The maximum Gasteiger partial charge on any atom is 0.573 e. The molecule has 0 heterocycles. The van der Waals surface area contributed by atoms with Crippen LogP contribution in [0.1, 0.15) is 38.3 Å². The summed E-state index contributed by atoms with van der Waals surface area (Å²) in [5.41, 5.74) is 3.74. The zero-order valence-corrected chi connectivity index (χ0v) is 18.6. The van der Waals surface area contributed by atoms with Gasteiger partial charge in [-0.05, 0) is 64.4 Å². The summed E-state index contributed by atoms with van der Waals surface area (Å²) < 4.78 is 47.0. The first kappa shape index (κ1) is 24.2. The van der Waals surface area contributed by atoms with Crippen LogP contribution in [-0.2, 0) is 16.6 Å². The molecule has 0 aliphatic carbocycles. The molecule has 0 fully saturated rings. The Labute approximate surface area is 190 Å². The van der Waals surface area contributed by atoms with E-state index in [4.69, 9.17) is 9.84 Å². The Kier molecular flexibility index (Phi) is 7.01. The highest BCUT2D eigenvalue weighted by Gasteiger charge is 2.31. The molecule has 0 saturated carbocycles. The quantitative estimate of drug-likeness (QED) is 0.402. The van der Waals surface area contributed by atoms with Gasteiger partial charge in [-0.3, -0.25) is 4.79 Å². The molecule has 3 rings (SSSR count). The predicted molar refractivity (Wildman–Crippen MR) is 120 cm³/mol. The van der Waals surface area contributed by atoms with Crippen LogP contribution >= 0.6 is 0 Å². The highest BCUT2D eigenvalue weighted by atomic mass is 19.4. The van der Waals surface area contributed by atoms with Crippen LogP contribution < -0.4 is 9.47 Å². The molecule has 4 nitrogen and oxygen atoms in total. The summed E-state index contributed by atoms with van der Waals surface area (Å²) in [6, 6.07) is 18.7. The molecule has 0 aliphatic rings. The number of hydrogen-bond donors (Lipinski definition) is 1. The molecule has 3 aromatic carbocycles. The Hall–Kier alpha value is -3.48. The zero-order valence-electron chi connectivity index (χ0n) is 18.6. The second-order valence-electron chi connectivity index (χ2n) is 8.66. The number of rotatable bonds is 7. The van der Waals surface area contributed by atoms with Crippen molar-refractivity contribution in [1.82, 2.24) is 0 Å². The molecule has 0 aliphatic heterocycles. The van der Waals surface area contributed by atoms with Gasteiger partial charge in [-0.15, -0.1) is 13.2 Å². The molecule has 0 atom stereocenters. The Morgan fingerprint density at radius 3 is 1.97 bits per heavy atom. The van der Waals surface area contributed by atoms with Gasteiger partial charge in [0.1, 0.15) is 17.2 Å². The lowest BCUT2D eigenvalue weighted by molar-refractivity contribution is -0.274. The first-order chi connectivity index (χ1) is 15.4. The summed E-state index contributed by atoms with van der Waals surface area (Å²) in [6.07, 6.45) is -4.60. The molecular weight excluding hydrogens is 433 g/mol. The van der Waals surface area contributed by atoms with E-state index in [1.165, 1.54) is 17.7 Å². The van der Waals surface area contributed by atoms with Crippen LogP contribution in [0.4, 0.5) is 13.2 Å². The van der Waals surface area contributed by atoms with Gasteiger partial charge in [-0.1, -0.05) is 57.2 Å². The monoisotopic (exact) mass is 458 g/mol. The minimum atomic E-state index is -4.77. The normalized spacial score (nSPS) is 11.8. The topological polar surface area (TPSA) is 55.8 Å². The predicted octanol–water partition coefficient (Wildman–Crippen LogP) is 7.36. The van der Waals surface area contributed by atoms with E-state index in [-0.39, 0.29) is 24.0 Å². The van der Waals surface area contributed by atoms with Crippen molar-refractivity contribution in [2.24, 2.45) is 0 Å². The highest BCUT2D eigenvalue weighted by Crippen LogP contribution is 2.34. The van der Waals surface area contributed by atoms with Crippen LogP contribution in [0.2, 0.25) is 0 Å². The third kappa shape index (κ3) is 7.00. The molecule has 0 saturated heterocycles. The molecule has 0 spiro atoms. The third-order valence-corrected chi connectivity index (χ3v) is 5.04. The third-order valence-electron chi connectivity index (χ3n) is 5.04. The van der Waals surface area contributed by atoms with Crippen LogP contribution in [0.15, 0.2) is 66.7 Å². The molecule has 7 heteroatoms. The Morgan fingerprint density at radius 1 is 0.848 bits per heavy atom. The van der Waals surface area contributed by atoms with E-state index in [1.54, 1.807) is 0 Å². The molecule has 1 N–H and O–H groups in total. The molecule has 33 heavy (non-hydrogen) atoms. The minimum Gasteiger partial charge on any atom is -0.481 e. The summed E-state index contributed by atoms with van der Waals surface area (Å²) in [4.78, 5) is 11.0. The SMILES string of the molecule is CC(C)(C)c1ccc(-c2ccc(CCC(=O)O)c(Oc3ccc(OC(F)(F)F)cc3)c2)cc1. The van der Waals surface area contributed by atoms with E-state index in [0.29, 0.717) is 17.1 Å². The van der Waals surface area contributed by atoms with Crippen molar-refractivity contribution in [3.8, 4) is 28.4 Å². The number of halogens is 3. The fourth-order valence-electron chi connectivity index (χ4n) is 3.28. The molecule has 0 amide bonds. The molecule has 0 unspecified atom stereocenters. The minimum absolute atomic E-state index is 0.0233. The average Bonchev–Trinajstić information content (AvgIpc) is 2.72. The van der Waals surface area contributed by atoms with E-state index < -0.39 is 12.3 Å². The van der Waals surface area contributed by atoms with E-state index in [2.05, 4.69) is 37.6 Å². The number of carbonyl (C=O) groups is 1. The second kappa shape index (κ2) is 9.57. The van der Waals surface area contributed by atoms with Gasteiger partial charge >= 0.3 is 12.3 Å². The fraction of sp³-hybridized carbons (Fsp3) is 0.269. The fourth-order valence-corrected chi connectivity index (χ4v) is 3.28.